The fourth-order valence-electron chi connectivity index (χ4n) is 3.54. The quantitative estimate of drug-likeness (QED) is 0.873. The summed E-state index contributed by atoms with van der Waals surface area (Å²) in [5.74, 6) is 1.18. The summed E-state index contributed by atoms with van der Waals surface area (Å²) in [7, 11) is 1.70. The first-order valence-electron chi connectivity index (χ1n) is 8.81. The molecule has 3 heterocycles. The number of hydrogen-bond donors (Lipinski definition) is 1. The minimum atomic E-state index is -0.468. The number of aromatic nitrogens is 2. The number of nitrogens with one attached hydrogen (secondary N) is 1. The Kier molecular flexibility index (Phi) is 5.18. The summed E-state index contributed by atoms with van der Waals surface area (Å²) in [5, 5.41) is 6.97. The number of hydrogen-bond acceptors (Lipinski definition) is 5. The van der Waals surface area contributed by atoms with E-state index in [2.05, 4.69) is 40.3 Å². The molecule has 2 aromatic heterocycles. The highest BCUT2D eigenvalue weighted by Crippen LogP contribution is 2.35. The third-order valence-electron chi connectivity index (χ3n) is 4.95. The standard InChI is InChI=1S/C19H26N4O2/c1-14(2)17-9-16(25-22-17)10-19(18(24)20-3)6-8-23(13-19)12-15-5-4-7-21-11-15/h4-5,7,9,11,14H,6,8,10,12-13H2,1-3H3,(H,20,24)/t19-/m0/s1. The van der Waals surface area contributed by atoms with Crippen LogP contribution in [-0.2, 0) is 17.8 Å². The van der Waals surface area contributed by atoms with E-state index in [0.29, 0.717) is 18.9 Å². The zero-order chi connectivity index (χ0) is 17.9. The Bertz CT molecular complexity index is 713. The molecule has 1 aliphatic rings. The predicted octanol–water partition coefficient (Wildman–Crippen LogP) is 2.37. The van der Waals surface area contributed by atoms with E-state index in [1.807, 2.05) is 18.3 Å². The monoisotopic (exact) mass is 342 g/mol. The zero-order valence-corrected chi connectivity index (χ0v) is 15.2. The Balaban J connectivity index is 1.74. The van der Waals surface area contributed by atoms with Crippen LogP contribution >= 0.6 is 0 Å². The van der Waals surface area contributed by atoms with Gasteiger partial charge in [0.05, 0.1) is 11.1 Å². The van der Waals surface area contributed by atoms with E-state index in [9.17, 15) is 4.79 Å². The Morgan fingerprint density at radius 1 is 1.48 bits per heavy atom. The van der Waals surface area contributed by atoms with Crippen molar-refractivity contribution >= 4 is 5.91 Å². The maximum atomic E-state index is 12.7. The van der Waals surface area contributed by atoms with E-state index in [1.54, 1.807) is 13.2 Å². The molecule has 1 N–H and O–H groups in total. The van der Waals surface area contributed by atoms with Gasteiger partial charge in [-0.2, -0.15) is 0 Å². The van der Waals surface area contributed by atoms with Crippen LogP contribution in [0.1, 0.15) is 43.2 Å². The lowest BCUT2D eigenvalue weighted by molar-refractivity contribution is -0.130. The third kappa shape index (κ3) is 3.90. The first-order chi connectivity index (χ1) is 12.0. The fraction of sp³-hybridized carbons (Fsp3) is 0.526. The van der Waals surface area contributed by atoms with Crippen molar-refractivity contribution < 1.29 is 9.32 Å². The minimum absolute atomic E-state index is 0.0729. The second-order valence-electron chi connectivity index (χ2n) is 7.23. The summed E-state index contributed by atoms with van der Waals surface area (Å²) in [6.07, 6.45) is 5.05. The van der Waals surface area contributed by atoms with Gasteiger partial charge in [0.15, 0.2) is 0 Å². The van der Waals surface area contributed by atoms with Crippen LogP contribution in [0.4, 0.5) is 0 Å². The third-order valence-corrected chi connectivity index (χ3v) is 4.95. The largest absolute Gasteiger partial charge is 0.361 e. The van der Waals surface area contributed by atoms with Crippen molar-refractivity contribution in [2.75, 3.05) is 20.1 Å². The molecule has 25 heavy (non-hydrogen) atoms. The number of pyridine rings is 1. The summed E-state index contributed by atoms with van der Waals surface area (Å²) in [6.45, 7) is 6.57. The van der Waals surface area contributed by atoms with Crippen molar-refractivity contribution in [2.45, 2.75) is 39.2 Å². The summed E-state index contributed by atoms with van der Waals surface area (Å²) in [4.78, 5) is 19.2. The van der Waals surface area contributed by atoms with Crippen molar-refractivity contribution in [1.82, 2.24) is 20.4 Å². The molecule has 0 radical (unpaired) electrons. The van der Waals surface area contributed by atoms with Gasteiger partial charge < -0.3 is 9.84 Å². The van der Waals surface area contributed by atoms with E-state index >= 15 is 0 Å². The Morgan fingerprint density at radius 3 is 2.96 bits per heavy atom. The second kappa shape index (κ2) is 7.35. The van der Waals surface area contributed by atoms with Gasteiger partial charge in [-0.05, 0) is 30.5 Å². The van der Waals surface area contributed by atoms with Gasteiger partial charge in [0.25, 0.3) is 0 Å². The molecule has 6 nitrogen and oxygen atoms in total. The van der Waals surface area contributed by atoms with Gasteiger partial charge in [-0.25, -0.2) is 0 Å². The molecule has 1 amide bonds. The highest BCUT2D eigenvalue weighted by molar-refractivity contribution is 5.83. The number of likely N-dealkylation sites (tertiary alicyclic amines) is 1. The summed E-state index contributed by atoms with van der Waals surface area (Å²) >= 11 is 0. The zero-order valence-electron chi connectivity index (χ0n) is 15.2. The topological polar surface area (TPSA) is 71.3 Å². The maximum absolute atomic E-state index is 12.7. The van der Waals surface area contributed by atoms with Crippen LogP contribution in [0.5, 0.6) is 0 Å². The lowest BCUT2D eigenvalue weighted by Gasteiger charge is -2.26. The number of carbonyl (C=O) groups is 1. The minimum Gasteiger partial charge on any atom is -0.361 e. The van der Waals surface area contributed by atoms with Gasteiger partial charge in [-0.1, -0.05) is 25.1 Å². The Morgan fingerprint density at radius 2 is 2.32 bits per heavy atom. The summed E-state index contributed by atoms with van der Waals surface area (Å²) in [6, 6.07) is 6.00. The lowest BCUT2D eigenvalue weighted by Crippen LogP contribution is -2.43. The highest BCUT2D eigenvalue weighted by Gasteiger charge is 2.45. The first-order valence-corrected chi connectivity index (χ1v) is 8.81. The van der Waals surface area contributed by atoms with E-state index in [1.165, 1.54) is 0 Å². The number of amides is 1. The molecule has 6 heteroatoms. The first kappa shape index (κ1) is 17.6. The fourth-order valence-corrected chi connectivity index (χ4v) is 3.54. The van der Waals surface area contributed by atoms with E-state index in [0.717, 1.165) is 36.5 Å². The van der Waals surface area contributed by atoms with Gasteiger partial charge in [-0.15, -0.1) is 0 Å². The number of carbonyl (C=O) groups excluding carboxylic acids is 1. The molecule has 1 saturated heterocycles. The molecular weight excluding hydrogens is 316 g/mol. The SMILES string of the molecule is CNC(=O)[C@]1(Cc2cc(C(C)C)no2)CCN(Cc2cccnc2)C1. The molecule has 0 spiro atoms. The van der Waals surface area contributed by atoms with Gasteiger partial charge in [0.2, 0.25) is 5.91 Å². The molecule has 0 aliphatic carbocycles. The van der Waals surface area contributed by atoms with Gasteiger partial charge in [0.1, 0.15) is 5.76 Å². The second-order valence-corrected chi connectivity index (χ2v) is 7.23. The molecule has 3 rings (SSSR count). The van der Waals surface area contributed by atoms with Crippen molar-refractivity contribution in [3.05, 3.63) is 47.6 Å². The van der Waals surface area contributed by atoms with Crippen molar-refractivity contribution in [3.8, 4) is 0 Å². The van der Waals surface area contributed by atoms with Crippen LogP contribution in [-0.4, -0.2) is 41.1 Å². The van der Waals surface area contributed by atoms with Crippen molar-refractivity contribution in [3.63, 3.8) is 0 Å². The van der Waals surface area contributed by atoms with Crippen LogP contribution < -0.4 is 5.32 Å². The molecule has 1 aliphatic heterocycles. The summed E-state index contributed by atoms with van der Waals surface area (Å²) < 4.78 is 5.50. The van der Waals surface area contributed by atoms with Crippen molar-refractivity contribution in [1.29, 1.82) is 0 Å². The predicted molar refractivity (Wildman–Crippen MR) is 94.9 cm³/mol. The molecular formula is C19H26N4O2. The molecule has 1 fully saturated rings. The number of nitrogens with zero attached hydrogens (tertiary/aromatic N) is 3. The average molecular weight is 342 g/mol. The van der Waals surface area contributed by atoms with E-state index in [-0.39, 0.29) is 5.91 Å². The van der Waals surface area contributed by atoms with Crippen LogP contribution in [0, 0.1) is 5.41 Å². The Hall–Kier alpha value is -2.21. The van der Waals surface area contributed by atoms with Crippen LogP contribution in [0.25, 0.3) is 0 Å². The smallest absolute Gasteiger partial charge is 0.227 e. The van der Waals surface area contributed by atoms with E-state index in [4.69, 9.17) is 4.52 Å². The van der Waals surface area contributed by atoms with Crippen LogP contribution in [0.2, 0.25) is 0 Å². The van der Waals surface area contributed by atoms with Crippen molar-refractivity contribution in [2.24, 2.45) is 5.41 Å². The number of rotatable bonds is 6. The molecule has 1 atom stereocenters. The lowest BCUT2D eigenvalue weighted by atomic mass is 9.81. The molecule has 0 bridgehead atoms. The van der Waals surface area contributed by atoms with Gasteiger partial charge in [-0.3, -0.25) is 14.7 Å². The van der Waals surface area contributed by atoms with Crippen LogP contribution in [0.15, 0.2) is 35.1 Å². The maximum Gasteiger partial charge on any atom is 0.227 e. The van der Waals surface area contributed by atoms with Gasteiger partial charge >= 0.3 is 0 Å². The Labute approximate surface area is 148 Å². The summed E-state index contributed by atoms with van der Waals surface area (Å²) in [5.41, 5.74) is 1.63. The molecule has 134 valence electrons. The van der Waals surface area contributed by atoms with Gasteiger partial charge in [0, 0.05) is 45.0 Å². The highest BCUT2D eigenvalue weighted by atomic mass is 16.5. The normalized spacial score (nSPS) is 21.0. The molecule has 0 unspecified atom stereocenters. The van der Waals surface area contributed by atoms with Crippen LogP contribution in [0.3, 0.4) is 0 Å². The molecule has 2 aromatic rings. The molecule has 0 aromatic carbocycles. The average Bonchev–Trinajstić information content (AvgIpc) is 3.23. The van der Waals surface area contributed by atoms with E-state index < -0.39 is 5.41 Å². The molecule has 0 saturated carbocycles.